The van der Waals surface area contributed by atoms with E-state index in [9.17, 15) is 4.79 Å². The summed E-state index contributed by atoms with van der Waals surface area (Å²) < 4.78 is 7.49. The number of piperidine rings is 1. The monoisotopic (exact) mass is 378 g/mol. The molecular weight excluding hydrogens is 356 g/mol. The van der Waals surface area contributed by atoms with Crippen LogP contribution in [0.25, 0.3) is 5.78 Å². The first-order chi connectivity index (χ1) is 13.7. The van der Waals surface area contributed by atoms with Gasteiger partial charge in [0.25, 0.3) is 11.7 Å². The molecule has 0 radical (unpaired) electrons. The first-order valence-electron chi connectivity index (χ1n) is 9.54. The van der Waals surface area contributed by atoms with Gasteiger partial charge in [0.2, 0.25) is 5.82 Å². The van der Waals surface area contributed by atoms with Crippen LogP contribution in [0.2, 0.25) is 0 Å². The normalized spacial score (nSPS) is 23.0. The summed E-state index contributed by atoms with van der Waals surface area (Å²) in [5.41, 5.74) is 2.30. The summed E-state index contributed by atoms with van der Waals surface area (Å²) in [4.78, 5) is 21.3. The van der Waals surface area contributed by atoms with Gasteiger partial charge in [-0.3, -0.25) is 4.79 Å². The largest absolute Gasteiger partial charge is 0.378 e. The van der Waals surface area contributed by atoms with Crippen molar-refractivity contribution in [2.75, 3.05) is 20.2 Å². The van der Waals surface area contributed by atoms with Gasteiger partial charge in [0.1, 0.15) is 0 Å². The lowest BCUT2D eigenvalue weighted by molar-refractivity contribution is 0.00387. The zero-order chi connectivity index (χ0) is 19.1. The molecule has 0 unspecified atom stereocenters. The van der Waals surface area contributed by atoms with Crippen LogP contribution in [0.5, 0.6) is 0 Å². The minimum atomic E-state index is -0.321. The molecule has 8 heteroatoms. The molecule has 0 saturated carbocycles. The van der Waals surface area contributed by atoms with Gasteiger partial charge < -0.3 is 15.4 Å². The van der Waals surface area contributed by atoms with Crippen LogP contribution in [0.4, 0.5) is 0 Å². The number of carbonyl (C=O) groups excluding carboxylic acids is 1. The Morgan fingerprint density at radius 1 is 1.29 bits per heavy atom. The number of benzene rings is 1. The minimum Gasteiger partial charge on any atom is -0.378 e. The fourth-order valence-electron chi connectivity index (χ4n) is 4.83. The van der Waals surface area contributed by atoms with E-state index >= 15 is 0 Å². The summed E-state index contributed by atoms with van der Waals surface area (Å²) in [5.74, 6) is 0.188. The van der Waals surface area contributed by atoms with Gasteiger partial charge in [-0.25, -0.2) is 9.50 Å². The predicted octanol–water partition coefficient (Wildman–Crippen LogP) is 1.25. The third-order valence-electron chi connectivity index (χ3n) is 6.04. The molecule has 2 N–H and O–H groups in total. The lowest BCUT2D eigenvalue weighted by Crippen LogP contribution is -2.49. The molecule has 8 nitrogen and oxygen atoms in total. The number of rotatable bonds is 3. The smallest absolute Gasteiger partial charge is 0.291 e. The maximum atomic E-state index is 13.0. The Morgan fingerprint density at radius 3 is 2.89 bits per heavy atom. The lowest BCUT2D eigenvalue weighted by Gasteiger charge is -2.40. The van der Waals surface area contributed by atoms with E-state index in [-0.39, 0.29) is 29.3 Å². The molecule has 1 aliphatic heterocycles. The Bertz CT molecular complexity index is 993. The first-order valence-corrected chi connectivity index (χ1v) is 9.54. The summed E-state index contributed by atoms with van der Waals surface area (Å²) in [6, 6.07) is 9.84. The fourth-order valence-corrected chi connectivity index (χ4v) is 4.83. The number of amides is 1. The third kappa shape index (κ3) is 2.52. The average Bonchev–Trinajstić information content (AvgIpc) is 3.27. The molecule has 1 aromatic carbocycles. The highest BCUT2D eigenvalue weighted by atomic mass is 16.5. The number of nitrogens with zero attached hydrogens (tertiary/aromatic N) is 4. The molecule has 2 aliphatic rings. The molecule has 1 aliphatic carbocycles. The van der Waals surface area contributed by atoms with Gasteiger partial charge in [0.15, 0.2) is 0 Å². The molecule has 1 fully saturated rings. The molecular formula is C20H22N6O2. The summed E-state index contributed by atoms with van der Waals surface area (Å²) in [5, 5.41) is 10.8. The lowest BCUT2D eigenvalue weighted by atomic mass is 9.72. The highest BCUT2D eigenvalue weighted by molar-refractivity contribution is 5.91. The Balaban J connectivity index is 1.50. The Morgan fingerprint density at radius 2 is 2.11 bits per heavy atom. The number of nitrogens with one attached hydrogen (secondary N) is 2. The van der Waals surface area contributed by atoms with Crippen LogP contribution in [-0.4, -0.2) is 51.8 Å². The van der Waals surface area contributed by atoms with Crippen molar-refractivity contribution in [1.29, 1.82) is 0 Å². The summed E-state index contributed by atoms with van der Waals surface area (Å²) in [7, 11) is 1.73. The zero-order valence-electron chi connectivity index (χ0n) is 15.6. The maximum Gasteiger partial charge on any atom is 0.291 e. The summed E-state index contributed by atoms with van der Waals surface area (Å²) in [6.07, 6.45) is 5.17. The number of methoxy groups -OCH3 is 1. The second kappa shape index (κ2) is 6.65. The maximum absolute atomic E-state index is 13.0. The van der Waals surface area contributed by atoms with Gasteiger partial charge in [-0.2, -0.15) is 4.98 Å². The third-order valence-corrected chi connectivity index (χ3v) is 6.04. The highest BCUT2D eigenvalue weighted by Gasteiger charge is 2.53. The topological polar surface area (TPSA) is 93.4 Å². The van der Waals surface area contributed by atoms with E-state index in [1.165, 1.54) is 10.1 Å². The van der Waals surface area contributed by atoms with Gasteiger partial charge in [-0.1, -0.05) is 24.3 Å². The average molecular weight is 378 g/mol. The second-order valence-electron chi connectivity index (χ2n) is 7.40. The Labute approximate surface area is 162 Å². The molecule has 3 heterocycles. The van der Waals surface area contributed by atoms with Crippen LogP contribution in [0.15, 0.2) is 42.7 Å². The number of hydrogen-bond acceptors (Lipinski definition) is 6. The standard InChI is InChI=1S/C20H22N6O2/c1-28-16-15(23-18(27)17-24-19-22-9-4-12-26(19)25-17)13-5-2-3-6-14(13)20(16)7-10-21-11-8-20/h2-6,9,12,15-16,21H,7-8,10-11H2,1H3,(H,23,27)/t15-,16+/m1/s1. The van der Waals surface area contributed by atoms with Gasteiger partial charge in [0.05, 0.1) is 12.1 Å². The van der Waals surface area contributed by atoms with Crippen molar-refractivity contribution in [1.82, 2.24) is 30.2 Å². The van der Waals surface area contributed by atoms with Gasteiger partial charge in [0, 0.05) is 24.9 Å². The van der Waals surface area contributed by atoms with E-state index < -0.39 is 0 Å². The van der Waals surface area contributed by atoms with Crippen LogP contribution in [-0.2, 0) is 10.2 Å². The van der Waals surface area contributed by atoms with Crippen LogP contribution >= 0.6 is 0 Å². The van der Waals surface area contributed by atoms with Gasteiger partial charge >= 0.3 is 0 Å². The quantitative estimate of drug-likeness (QED) is 0.712. The molecule has 0 bridgehead atoms. The van der Waals surface area contributed by atoms with E-state index in [1.54, 1.807) is 25.6 Å². The summed E-state index contributed by atoms with van der Waals surface area (Å²) >= 11 is 0. The van der Waals surface area contributed by atoms with Crippen LogP contribution in [0.3, 0.4) is 0 Å². The molecule has 1 spiro atoms. The van der Waals surface area contributed by atoms with E-state index in [1.807, 2.05) is 6.07 Å². The first kappa shape index (κ1) is 17.3. The van der Waals surface area contributed by atoms with Crippen molar-refractivity contribution < 1.29 is 9.53 Å². The van der Waals surface area contributed by atoms with Crippen molar-refractivity contribution >= 4 is 11.7 Å². The number of fused-ring (bicyclic) bond motifs is 3. The number of ether oxygens (including phenoxy) is 1. The molecule has 5 rings (SSSR count). The van der Waals surface area contributed by atoms with E-state index in [2.05, 4.69) is 43.9 Å². The molecule has 28 heavy (non-hydrogen) atoms. The second-order valence-corrected chi connectivity index (χ2v) is 7.40. The highest BCUT2D eigenvalue weighted by Crippen LogP contribution is 2.51. The van der Waals surface area contributed by atoms with Crippen molar-refractivity contribution in [2.24, 2.45) is 0 Å². The van der Waals surface area contributed by atoms with Gasteiger partial charge in [-0.15, -0.1) is 5.10 Å². The van der Waals surface area contributed by atoms with Crippen LogP contribution in [0.1, 0.15) is 40.6 Å². The van der Waals surface area contributed by atoms with E-state index in [0.717, 1.165) is 31.5 Å². The summed E-state index contributed by atoms with van der Waals surface area (Å²) in [6.45, 7) is 1.88. The molecule has 3 aromatic rings. The molecule has 1 amide bonds. The number of carbonyl (C=O) groups is 1. The van der Waals surface area contributed by atoms with E-state index in [4.69, 9.17) is 4.74 Å². The van der Waals surface area contributed by atoms with Gasteiger partial charge in [-0.05, 0) is 43.1 Å². The van der Waals surface area contributed by atoms with Crippen LogP contribution in [0, 0.1) is 0 Å². The molecule has 2 aromatic heterocycles. The van der Waals surface area contributed by atoms with Crippen molar-refractivity contribution in [3.63, 3.8) is 0 Å². The predicted molar refractivity (Wildman–Crippen MR) is 102 cm³/mol. The number of hydrogen-bond donors (Lipinski definition) is 2. The van der Waals surface area contributed by atoms with Crippen LogP contribution < -0.4 is 10.6 Å². The molecule has 1 saturated heterocycles. The Kier molecular flexibility index (Phi) is 4.10. The Hall–Kier alpha value is -2.84. The fraction of sp³-hybridized carbons (Fsp3) is 0.400. The zero-order valence-corrected chi connectivity index (χ0v) is 15.6. The van der Waals surface area contributed by atoms with Crippen molar-refractivity contribution in [3.05, 3.63) is 59.7 Å². The molecule has 144 valence electrons. The SMILES string of the molecule is CO[C@H]1[C@H](NC(=O)c2nc3ncccn3n2)c2ccccc2C12CCNCC2. The van der Waals surface area contributed by atoms with E-state index in [0.29, 0.717) is 5.78 Å². The molecule has 2 atom stereocenters. The van der Waals surface area contributed by atoms with Crippen molar-refractivity contribution in [2.45, 2.75) is 30.4 Å². The number of aromatic nitrogens is 4. The van der Waals surface area contributed by atoms with Crippen molar-refractivity contribution in [3.8, 4) is 0 Å². The minimum absolute atomic E-state index is 0.0948.